The Kier molecular flexibility index (Phi) is 9.66. The molecule has 10 N–H and O–H groups in total. The van der Waals surface area contributed by atoms with E-state index in [1.807, 2.05) is 13.8 Å². The van der Waals surface area contributed by atoms with Crippen molar-refractivity contribution in [3.8, 4) is 0 Å². The van der Waals surface area contributed by atoms with E-state index < -0.39 is 0 Å². The Morgan fingerprint density at radius 2 is 1.06 bits per heavy atom. The van der Waals surface area contributed by atoms with E-state index in [0.717, 1.165) is 5.56 Å². The molecule has 2 rings (SSSR count). The standard InChI is InChI=1S/C24H32N10O2/c1-13(29-21(35)18-10-8-17(9-11-18)15(3)31-33-23(25)26)14(2)30-22(36)20-7-5-6-19(12-20)16(4)32-34-24(27)28/h5-14H,1-4H3,(H,29,35)(H,30,36)(H4,25,26,33)(H4,27,28,34)/b31-15+,32-16+/t13-,14-/m1/s1. The zero-order valence-corrected chi connectivity index (χ0v) is 20.7. The van der Waals surface area contributed by atoms with Crippen LogP contribution in [-0.4, -0.2) is 47.2 Å². The SMILES string of the molecule is C/C(=N\N=C(N)N)c1ccc(C(=O)N[C@H](C)[C@@H](C)NC(=O)c2cccc(/C(C)=N/N=C(N)N)c2)cc1. The van der Waals surface area contributed by atoms with Gasteiger partial charge in [0.25, 0.3) is 11.8 Å². The van der Waals surface area contributed by atoms with Gasteiger partial charge < -0.3 is 33.6 Å². The van der Waals surface area contributed by atoms with Crippen LogP contribution in [0.2, 0.25) is 0 Å². The van der Waals surface area contributed by atoms with Crippen LogP contribution in [-0.2, 0) is 0 Å². The number of benzene rings is 2. The number of rotatable bonds is 9. The predicted molar refractivity (Wildman–Crippen MR) is 143 cm³/mol. The first kappa shape index (κ1) is 27.5. The molecule has 190 valence electrons. The summed E-state index contributed by atoms with van der Waals surface area (Å²) in [7, 11) is 0. The lowest BCUT2D eigenvalue weighted by Gasteiger charge is -2.23. The molecular weight excluding hydrogens is 460 g/mol. The summed E-state index contributed by atoms with van der Waals surface area (Å²) in [5.74, 6) is -0.863. The largest absolute Gasteiger partial charge is 0.369 e. The molecule has 0 heterocycles. The van der Waals surface area contributed by atoms with Gasteiger partial charge in [-0.3, -0.25) is 9.59 Å². The fourth-order valence-electron chi connectivity index (χ4n) is 2.96. The Hall–Kier alpha value is -4.74. The van der Waals surface area contributed by atoms with Gasteiger partial charge in [-0.1, -0.05) is 24.3 Å². The van der Waals surface area contributed by atoms with E-state index in [4.69, 9.17) is 22.9 Å². The molecule has 0 aliphatic carbocycles. The van der Waals surface area contributed by atoms with Crippen molar-refractivity contribution in [3.05, 3.63) is 70.8 Å². The highest BCUT2D eigenvalue weighted by molar-refractivity contribution is 6.03. The van der Waals surface area contributed by atoms with E-state index in [1.54, 1.807) is 62.4 Å². The molecule has 0 aliphatic heterocycles. The van der Waals surface area contributed by atoms with Crippen LogP contribution in [0.4, 0.5) is 0 Å². The number of carbonyl (C=O) groups excluding carboxylic acids is 2. The molecule has 0 saturated heterocycles. The Labute approximate surface area is 209 Å². The van der Waals surface area contributed by atoms with Crippen LogP contribution in [0.5, 0.6) is 0 Å². The number of carbonyl (C=O) groups is 2. The van der Waals surface area contributed by atoms with E-state index in [0.29, 0.717) is 28.1 Å². The number of nitrogens with two attached hydrogens (primary N) is 4. The Morgan fingerprint density at radius 3 is 1.56 bits per heavy atom. The number of amides is 2. The molecule has 12 heteroatoms. The van der Waals surface area contributed by atoms with Gasteiger partial charge in [0.15, 0.2) is 0 Å². The number of nitrogens with one attached hydrogen (secondary N) is 2. The van der Waals surface area contributed by atoms with Gasteiger partial charge >= 0.3 is 0 Å². The Morgan fingerprint density at radius 1 is 0.639 bits per heavy atom. The normalized spacial score (nSPS) is 13.2. The van der Waals surface area contributed by atoms with E-state index >= 15 is 0 Å². The molecule has 12 nitrogen and oxygen atoms in total. The second-order valence-electron chi connectivity index (χ2n) is 8.10. The lowest BCUT2D eigenvalue weighted by Crippen LogP contribution is -2.48. The number of hydrogen-bond acceptors (Lipinski definition) is 6. The van der Waals surface area contributed by atoms with Gasteiger partial charge in [0.05, 0.1) is 11.4 Å². The minimum Gasteiger partial charge on any atom is -0.369 e. The van der Waals surface area contributed by atoms with Gasteiger partial charge in [-0.2, -0.15) is 10.2 Å². The summed E-state index contributed by atoms with van der Waals surface area (Å²) in [5, 5.41) is 20.9. The van der Waals surface area contributed by atoms with Crippen LogP contribution in [0.1, 0.15) is 59.5 Å². The van der Waals surface area contributed by atoms with Crippen LogP contribution in [0.15, 0.2) is 68.9 Å². The molecule has 0 aromatic heterocycles. The van der Waals surface area contributed by atoms with Gasteiger partial charge in [0.2, 0.25) is 11.9 Å². The molecule has 2 amide bonds. The highest BCUT2D eigenvalue weighted by atomic mass is 16.2. The third-order valence-electron chi connectivity index (χ3n) is 5.21. The molecule has 0 spiro atoms. The molecule has 36 heavy (non-hydrogen) atoms. The van der Waals surface area contributed by atoms with Gasteiger partial charge in [-0.25, -0.2) is 0 Å². The molecule has 2 atom stereocenters. The third kappa shape index (κ3) is 8.24. The molecule has 0 unspecified atom stereocenters. The third-order valence-corrected chi connectivity index (χ3v) is 5.21. The van der Waals surface area contributed by atoms with E-state index in [1.165, 1.54) is 0 Å². The fraction of sp³-hybridized carbons (Fsp3) is 0.250. The van der Waals surface area contributed by atoms with E-state index in [9.17, 15) is 9.59 Å². The lowest BCUT2D eigenvalue weighted by molar-refractivity contribution is 0.0892. The van der Waals surface area contributed by atoms with Gasteiger partial charge in [-0.15, -0.1) is 10.2 Å². The van der Waals surface area contributed by atoms with E-state index in [2.05, 4.69) is 31.0 Å². The second kappa shape index (κ2) is 12.6. The van der Waals surface area contributed by atoms with Crippen molar-refractivity contribution in [2.24, 2.45) is 43.3 Å². The molecule has 0 fully saturated rings. The molecule has 0 saturated carbocycles. The Bertz CT molecular complexity index is 1210. The highest BCUT2D eigenvalue weighted by Crippen LogP contribution is 2.10. The maximum absolute atomic E-state index is 12.8. The minimum atomic E-state index is -0.352. The van der Waals surface area contributed by atoms with Crippen LogP contribution in [0.3, 0.4) is 0 Å². The molecular formula is C24H32N10O2. The summed E-state index contributed by atoms with van der Waals surface area (Å²) >= 11 is 0. The van der Waals surface area contributed by atoms with Gasteiger partial charge in [-0.05, 0) is 63.1 Å². The zero-order chi connectivity index (χ0) is 26.8. The van der Waals surface area contributed by atoms with Crippen molar-refractivity contribution in [1.29, 1.82) is 0 Å². The summed E-state index contributed by atoms with van der Waals surface area (Å²) in [6, 6.07) is 13.0. The van der Waals surface area contributed by atoms with Gasteiger partial charge in [0.1, 0.15) is 0 Å². The molecule has 2 aromatic carbocycles. The molecule has 2 aromatic rings. The van der Waals surface area contributed by atoms with Crippen molar-refractivity contribution < 1.29 is 9.59 Å². The van der Waals surface area contributed by atoms with Gasteiger partial charge in [0, 0.05) is 23.2 Å². The summed E-state index contributed by atoms with van der Waals surface area (Å²) in [6.45, 7) is 7.10. The molecule has 0 aliphatic rings. The number of hydrogen-bond donors (Lipinski definition) is 6. The number of nitrogens with zero attached hydrogens (tertiary/aromatic N) is 4. The van der Waals surface area contributed by atoms with Crippen molar-refractivity contribution in [2.45, 2.75) is 39.8 Å². The summed E-state index contributed by atoms with van der Waals surface area (Å²) in [6.07, 6.45) is 0. The van der Waals surface area contributed by atoms with E-state index in [-0.39, 0.29) is 35.8 Å². The first-order valence-electron chi connectivity index (χ1n) is 11.1. The van der Waals surface area contributed by atoms with Crippen LogP contribution in [0, 0.1) is 0 Å². The average Bonchev–Trinajstić information content (AvgIpc) is 2.85. The summed E-state index contributed by atoms with van der Waals surface area (Å²) in [4.78, 5) is 25.5. The predicted octanol–water partition coefficient (Wildman–Crippen LogP) is 0.618. The number of guanidine groups is 2. The first-order valence-corrected chi connectivity index (χ1v) is 11.1. The van der Waals surface area contributed by atoms with Crippen molar-refractivity contribution in [2.75, 3.05) is 0 Å². The fourth-order valence-corrected chi connectivity index (χ4v) is 2.96. The van der Waals surface area contributed by atoms with Crippen LogP contribution >= 0.6 is 0 Å². The summed E-state index contributed by atoms with van der Waals surface area (Å²) in [5.41, 5.74) is 24.7. The zero-order valence-electron chi connectivity index (χ0n) is 20.7. The first-order chi connectivity index (χ1) is 17.0. The summed E-state index contributed by atoms with van der Waals surface area (Å²) < 4.78 is 0. The van der Waals surface area contributed by atoms with Crippen molar-refractivity contribution in [1.82, 2.24) is 10.6 Å². The molecule has 0 radical (unpaired) electrons. The lowest BCUT2D eigenvalue weighted by atomic mass is 10.1. The second-order valence-corrected chi connectivity index (χ2v) is 8.10. The monoisotopic (exact) mass is 492 g/mol. The van der Waals surface area contributed by atoms with Crippen molar-refractivity contribution in [3.63, 3.8) is 0 Å². The van der Waals surface area contributed by atoms with Crippen LogP contribution in [0.25, 0.3) is 0 Å². The highest BCUT2D eigenvalue weighted by Gasteiger charge is 2.19. The Balaban J connectivity index is 2.01. The molecule has 0 bridgehead atoms. The van der Waals surface area contributed by atoms with Crippen molar-refractivity contribution >= 4 is 35.2 Å². The average molecular weight is 493 g/mol. The smallest absolute Gasteiger partial charge is 0.251 e. The minimum absolute atomic E-state index is 0.139. The van der Waals surface area contributed by atoms with Crippen LogP contribution < -0.4 is 33.6 Å². The maximum Gasteiger partial charge on any atom is 0.251 e. The quantitative estimate of drug-likeness (QED) is 0.167. The topological polar surface area (TPSA) is 212 Å². The maximum atomic E-state index is 12.8.